The van der Waals surface area contributed by atoms with Gasteiger partial charge >= 0.3 is 5.97 Å². The van der Waals surface area contributed by atoms with Gasteiger partial charge in [0.2, 0.25) is 5.91 Å². The molecule has 3 aliphatic rings. The fraction of sp³-hybridized carbons (Fsp3) is 0.484. The van der Waals surface area contributed by atoms with Crippen LogP contribution < -0.4 is 15.4 Å². The Morgan fingerprint density at radius 2 is 1.90 bits per heavy atom. The molecule has 2 fully saturated rings. The van der Waals surface area contributed by atoms with Gasteiger partial charge < -0.3 is 25.6 Å². The number of amides is 2. The molecule has 1 aliphatic heterocycles. The van der Waals surface area contributed by atoms with E-state index in [9.17, 15) is 24.8 Å². The molecule has 40 heavy (non-hydrogen) atoms. The lowest BCUT2D eigenvalue weighted by Gasteiger charge is -2.29. The molecule has 9 heteroatoms. The van der Waals surface area contributed by atoms with Crippen LogP contribution in [0.4, 0.5) is 5.69 Å². The minimum absolute atomic E-state index is 0.0166. The number of carbonyl (C=O) groups is 3. The number of benzene rings is 2. The van der Waals surface area contributed by atoms with E-state index in [1.54, 1.807) is 24.3 Å². The van der Waals surface area contributed by atoms with Crippen LogP contribution in [0.1, 0.15) is 78.9 Å². The lowest BCUT2D eigenvalue weighted by molar-refractivity contribution is -0.137. The first-order valence-corrected chi connectivity index (χ1v) is 14.0. The first kappa shape index (κ1) is 27.7. The molecule has 3 atom stereocenters. The first-order valence-electron chi connectivity index (χ1n) is 14.0. The van der Waals surface area contributed by atoms with Crippen molar-refractivity contribution in [2.75, 3.05) is 11.9 Å². The quantitative estimate of drug-likeness (QED) is 0.393. The van der Waals surface area contributed by atoms with Crippen LogP contribution in [0.5, 0.6) is 5.75 Å². The van der Waals surface area contributed by atoms with Crippen LogP contribution in [0, 0.1) is 23.2 Å². The lowest BCUT2D eigenvalue weighted by Crippen LogP contribution is -2.38. The Balaban J connectivity index is 1.35. The summed E-state index contributed by atoms with van der Waals surface area (Å²) >= 11 is 0. The number of aryl methyl sites for hydroxylation is 1. The number of anilines is 1. The molecule has 210 valence electrons. The zero-order chi connectivity index (χ0) is 28.4. The molecule has 2 aliphatic carbocycles. The highest BCUT2D eigenvalue weighted by molar-refractivity contribution is 5.98. The number of hydrogen-bond acceptors (Lipinski definition) is 6. The van der Waals surface area contributed by atoms with Crippen molar-refractivity contribution in [1.82, 2.24) is 5.32 Å². The fourth-order valence-corrected chi connectivity index (χ4v) is 6.62. The number of fused-ring (bicyclic) bond motifs is 2. The number of nitrogens with zero attached hydrogens (tertiary/aromatic N) is 1. The molecule has 2 unspecified atom stereocenters. The average Bonchev–Trinajstić information content (AvgIpc) is 3.53. The number of carboxylic acid groups (broad SMARTS) is 1. The minimum Gasteiger partial charge on any atom is -0.493 e. The molecule has 0 saturated heterocycles. The third-order valence-corrected chi connectivity index (χ3v) is 8.92. The van der Waals surface area contributed by atoms with Gasteiger partial charge in [0.1, 0.15) is 5.75 Å². The average molecular weight is 546 g/mol. The van der Waals surface area contributed by atoms with E-state index in [1.165, 1.54) is 0 Å². The SMILES string of the molecule is CC1C(C(=O)Nc2cc(C#N)ccc2CCCC(=O)O)[C@@]12CCOc1ccc(C(=O)NC3CCC(O)CC3)cc12. The Labute approximate surface area is 233 Å². The number of aliphatic hydroxyl groups is 1. The number of ether oxygens (including phenoxy) is 1. The van der Waals surface area contributed by atoms with Gasteiger partial charge in [-0.1, -0.05) is 13.0 Å². The van der Waals surface area contributed by atoms with Crippen LogP contribution >= 0.6 is 0 Å². The van der Waals surface area contributed by atoms with Crippen LogP contribution in [-0.2, 0) is 21.4 Å². The Kier molecular flexibility index (Phi) is 7.81. The zero-order valence-electron chi connectivity index (χ0n) is 22.6. The topological polar surface area (TPSA) is 149 Å². The van der Waals surface area contributed by atoms with E-state index in [0.29, 0.717) is 61.3 Å². The van der Waals surface area contributed by atoms with E-state index >= 15 is 0 Å². The highest BCUT2D eigenvalue weighted by Crippen LogP contribution is 2.65. The molecular formula is C31H35N3O6. The van der Waals surface area contributed by atoms with E-state index < -0.39 is 11.4 Å². The highest BCUT2D eigenvalue weighted by atomic mass is 16.5. The Morgan fingerprint density at radius 1 is 1.12 bits per heavy atom. The zero-order valence-corrected chi connectivity index (χ0v) is 22.6. The summed E-state index contributed by atoms with van der Waals surface area (Å²) in [6.07, 6.45) is 4.11. The Hall–Kier alpha value is -3.90. The van der Waals surface area contributed by atoms with Crippen molar-refractivity contribution < 1.29 is 29.3 Å². The second-order valence-electron chi connectivity index (χ2n) is 11.3. The molecular weight excluding hydrogens is 510 g/mol. The molecule has 2 aromatic rings. The molecule has 2 saturated carbocycles. The highest BCUT2D eigenvalue weighted by Gasteiger charge is 2.67. The van der Waals surface area contributed by atoms with Crippen LogP contribution in [0.3, 0.4) is 0 Å². The summed E-state index contributed by atoms with van der Waals surface area (Å²) in [4.78, 5) is 37.8. The van der Waals surface area contributed by atoms with E-state index in [-0.39, 0.29) is 42.2 Å². The summed E-state index contributed by atoms with van der Waals surface area (Å²) in [7, 11) is 0. The Morgan fingerprint density at radius 3 is 2.62 bits per heavy atom. The molecule has 0 aromatic heterocycles. The molecule has 1 spiro atoms. The van der Waals surface area contributed by atoms with Crippen molar-refractivity contribution in [3.8, 4) is 11.8 Å². The van der Waals surface area contributed by atoms with E-state index in [2.05, 4.69) is 16.7 Å². The minimum atomic E-state index is -0.878. The van der Waals surface area contributed by atoms with Gasteiger partial charge in [-0.3, -0.25) is 14.4 Å². The van der Waals surface area contributed by atoms with Crippen LogP contribution in [0.25, 0.3) is 0 Å². The molecule has 2 aromatic carbocycles. The number of aliphatic hydroxyl groups excluding tert-OH is 1. The van der Waals surface area contributed by atoms with Crippen LogP contribution in [-0.4, -0.2) is 46.7 Å². The molecule has 4 N–H and O–H groups in total. The monoisotopic (exact) mass is 545 g/mol. The number of rotatable bonds is 8. The van der Waals surface area contributed by atoms with Gasteiger partial charge in [0.15, 0.2) is 0 Å². The van der Waals surface area contributed by atoms with Gasteiger partial charge in [-0.25, -0.2) is 0 Å². The maximum Gasteiger partial charge on any atom is 0.303 e. The number of nitriles is 1. The summed E-state index contributed by atoms with van der Waals surface area (Å²) in [5.41, 5.74) is 2.66. The van der Waals surface area contributed by atoms with Crippen molar-refractivity contribution in [3.63, 3.8) is 0 Å². The fourth-order valence-electron chi connectivity index (χ4n) is 6.62. The van der Waals surface area contributed by atoms with Crippen molar-refractivity contribution in [3.05, 3.63) is 58.7 Å². The van der Waals surface area contributed by atoms with Crippen molar-refractivity contribution in [2.45, 2.75) is 75.9 Å². The normalized spacial score (nSPS) is 26.6. The van der Waals surface area contributed by atoms with E-state index in [4.69, 9.17) is 9.84 Å². The lowest BCUT2D eigenvalue weighted by atomic mass is 9.84. The predicted octanol–water partition coefficient (Wildman–Crippen LogP) is 3.92. The molecule has 1 heterocycles. The summed E-state index contributed by atoms with van der Waals surface area (Å²) in [6.45, 7) is 2.51. The summed E-state index contributed by atoms with van der Waals surface area (Å²) in [5.74, 6) is -0.846. The summed E-state index contributed by atoms with van der Waals surface area (Å²) in [5, 5.41) is 34.3. The molecule has 2 amide bonds. The maximum atomic E-state index is 13.7. The molecule has 0 radical (unpaired) electrons. The Bertz CT molecular complexity index is 1360. The number of nitrogens with one attached hydrogen (secondary N) is 2. The van der Waals surface area contributed by atoms with E-state index in [1.807, 2.05) is 19.1 Å². The van der Waals surface area contributed by atoms with Gasteiger partial charge in [0.25, 0.3) is 5.91 Å². The van der Waals surface area contributed by atoms with Crippen LogP contribution in [0.15, 0.2) is 36.4 Å². The molecule has 9 nitrogen and oxygen atoms in total. The second-order valence-corrected chi connectivity index (χ2v) is 11.3. The second kappa shape index (κ2) is 11.3. The molecule has 5 rings (SSSR count). The molecule has 0 bridgehead atoms. The third-order valence-electron chi connectivity index (χ3n) is 8.92. The smallest absolute Gasteiger partial charge is 0.303 e. The van der Waals surface area contributed by atoms with Gasteiger partial charge in [-0.15, -0.1) is 0 Å². The summed E-state index contributed by atoms with van der Waals surface area (Å²) < 4.78 is 5.93. The number of aliphatic carboxylic acids is 1. The number of carbonyl (C=O) groups excluding carboxylic acids is 2. The summed E-state index contributed by atoms with van der Waals surface area (Å²) in [6, 6.07) is 12.6. The van der Waals surface area contributed by atoms with Crippen molar-refractivity contribution >= 4 is 23.5 Å². The van der Waals surface area contributed by atoms with Gasteiger partial charge in [0.05, 0.1) is 30.3 Å². The largest absolute Gasteiger partial charge is 0.493 e. The van der Waals surface area contributed by atoms with Crippen LogP contribution in [0.2, 0.25) is 0 Å². The van der Waals surface area contributed by atoms with E-state index in [0.717, 1.165) is 24.0 Å². The van der Waals surface area contributed by atoms with Gasteiger partial charge in [0, 0.05) is 34.7 Å². The van der Waals surface area contributed by atoms with Crippen molar-refractivity contribution in [2.24, 2.45) is 11.8 Å². The maximum absolute atomic E-state index is 13.7. The predicted molar refractivity (Wildman–Crippen MR) is 147 cm³/mol. The standard InChI is InChI=1S/C31H35N3O6/c1-18-28(30(39)34-25-15-19(17-32)5-6-20(25)3-2-4-27(36)37)31(18)13-14-40-26-12-7-21(16-24(26)31)29(38)33-22-8-10-23(35)11-9-22/h5-7,12,15-16,18,22-23,28,35H,2-4,8-11,13-14H2,1H3,(H,33,38)(H,34,39)(H,36,37)/t18?,22?,23?,28?,31-/m0/s1. The van der Waals surface area contributed by atoms with Gasteiger partial charge in [-0.05, 0) is 86.8 Å². The first-order chi connectivity index (χ1) is 19.2. The van der Waals surface area contributed by atoms with Gasteiger partial charge in [-0.2, -0.15) is 5.26 Å². The van der Waals surface area contributed by atoms with Crippen molar-refractivity contribution in [1.29, 1.82) is 5.26 Å². The third kappa shape index (κ3) is 5.41. The number of carboxylic acids is 1. The number of hydrogen-bond donors (Lipinski definition) is 4.